The van der Waals surface area contributed by atoms with Crippen molar-refractivity contribution in [2.45, 2.75) is 37.6 Å². The normalized spacial score (nSPS) is 24.3. The molecule has 2 nitrogen and oxygen atoms in total. The van der Waals surface area contributed by atoms with Gasteiger partial charge in [0.25, 0.3) is 0 Å². The zero-order chi connectivity index (χ0) is 12.5. The van der Waals surface area contributed by atoms with Crippen LogP contribution in [0.2, 0.25) is 0 Å². The first kappa shape index (κ1) is 12.1. The molecule has 1 aliphatic rings. The number of pyridine rings is 1. The highest BCUT2D eigenvalue weighted by molar-refractivity contribution is 9.10. The third-order valence-electron chi connectivity index (χ3n) is 3.92. The van der Waals surface area contributed by atoms with E-state index in [0.29, 0.717) is 12.0 Å². The van der Waals surface area contributed by atoms with Crippen molar-refractivity contribution in [1.29, 1.82) is 0 Å². The van der Waals surface area contributed by atoms with Gasteiger partial charge in [0.2, 0.25) is 0 Å². The molecule has 1 saturated carbocycles. The zero-order valence-corrected chi connectivity index (χ0v) is 11.9. The molecule has 3 heteroatoms. The molecule has 0 unspecified atom stereocenters. The molecule has 0 bridgehead atoms. The number of para-hydroxylation sites is 1. The number of fused-ring (bicyclic) bond motifs is 1. The third kappa shape index (κ3) is 2.29. The van der Waals surface area contributed by atoms with Gasteiger partial charge in [-0.05, 0) is 65.2 Å². The summed E-state index contributed by atoms with van der Waals surface area (Å²) >= 11 is 3.63. The van der Waals surface area contributed by atoms with Crippen molar-refractivity contribution in [3.63, 3.8) is 0 Å². The monoisotopic (exact) mass is 304 g/mol. The first-order valence-corrected chi connectivity index (χ1v) is 7.34. The second-order valence-electron chi connectivity index (χ2n) is 5.17. The van der Waals surface area contributed by atoms with E-state index >= 15 is 0 Å². The minimum Gasteiger partial charge on any atom is -0.328 e. The largest absolute Gasteiger partial charge is 0.328 e. The fourth-order valence-electron chi connectivity index (χ4n) is 2.83. The average molecular weight is 305 g/mol. The second kappa shape index (κ2) is 4.98. The summed E-state index contributed by atoms with van der Waals surface area (Å²) in [6, 6.07) is 11.0. The Kier molecular flexibility index (Phi) is 3.35. The van der Waals surface area contributed by atoms with Gasteiger partial charge in [0.15, 0.2) is 0 Å². The summed E-state index contributed by atoms with van der Waals surface area (Å²) in [4.78, 5) is 4.66. The molecular formula is C15H17BrN2. The number of nitrogens with two attached hydrogens (primary N) is 1. The number of halogens is 1. The van der Waals surface area contributed by atoms with E-state index in [1.165, 1.54) is 23.8 Å². The molecule has 1 aromatic carbocycles. The molecule has 0 amide bonds. The molecule has 1 heterocycles. The zero-order valence-electron chi connectivity index (χ0n) is 10.3. The van der Waals surface area contributed by atoms with Crippen LogP contribution in [0.3, 0.4) is 0 Å². The molecular weight excluding hydrogens is 288 g/mol. The van der Waals surface area contributed by atoms with Gasteiger partial charge in [-0.15, -0.1) is 0 Å². The molecule has 0 radical (unpaired) electrons. The maximum Gasteiger partial charge on any atom is 0.110 e. The molecule has 3 rings (SSSR count). The lowest BCUT2D eigenvalue weighted by molar-refractivity contribution is 0.394. The Morgan fingerprint density at radius 2 is 1.83 bits per heavy atom. The maximum absolute atomic E-state index is 5.98. The molecule has 0 saturated heterocycles. The third-order valence-corrected chi connectivity index (χ3v) is 4.55. The van der Waals surface area contributed by atoms with E-state index in [4.69, 9.17) is 5.73 Å². The van der Waals surface area contributed by atoms with Crippen molar-refractivity contribution < 1.29 is 0 Å². The van der Waals surface area contributed by atoms with Gasteiger partial charge < -0.3 is 5.73 Å². The minimum absolute atomic E-state index is 0.397. The Morgan fingerprint density at radius 3 is 2.61 bits per heavy atom. The summed E-state index contributed by atoms with van der Waals surface area (Å²) in [5, 5.41) is 1.23. The van der Waals surface area contributed by atoms with Crippen LogP contribution in [0.25, 0.3) is 10.9 Å². The first-order chi connectivity index (χ1) is 8.74. The van der Waals surface area contributed by atoms with Crippen molar-refractivity contribution in [3.8, 4) is 0 Å². The molecule has 18 heavy (non-hydrogen) atoms. The lowest BCUT2D eigenvalue weighted by atomic mass is 9.82. The summed E-state index contributed by atoms with van der Waals surface area (Å²) in [5.74, 6) is 0.608. The Hall–Kier alpha value is -0.930. The van der Waals surface area contributed by atoms with E-state index < -0.39 is 0 Å². The summed E-state index contributed by atoms with van der Waals surface area (Å²) in [5.41, 5.74) is 8.38. The fraction of sp³-hybridized carbons (Fsp3) is 0.400. The van der Waals surface area contributed by atoms with E-state index in [0.717, 1.165) is 23.0 Å². The molecule has 94 valence electrons. The highest BCUT2D eigenvalue weighted by Crippen LogP contribution is 2.36. The van der Waals surface area contributed by atoms with Gasteiger partial charge in [0.05, 0.1) is 5.52 Å². The van der Waals surface area contributed by atoms with Gasteiger partial charge >= 0.3 is 0 Å². The Balaban J connectivity index is 1.98. The first-order valence-electron chi connectivity index (χ1n) is 6.55. The molecule has 0 atom stereocenters. The van der Waals surface area contributed by atoms with Crippen LogP contribution in [-0.2, 0) is 0 Å². The van der Waals surface area contributed by atoms with Gasteiger partial charge in [-0.3, -0.25) is 0 Å². The number of aromatic nitrogens is 1. The quantitative estimate of drug-likeness (QED) is 0.809. The Labute approximate surface area is 116 Å². The molecule has 1 aliphatic carbocycles. The van der Waals surface area contributed by atoms with Crippen LogP contribution < -0.4 is 5.73 Å². The molecule has 1 fully saturated rings. The van der Waals surface area contributed by atoms with Gasteiger partial charge in [-0.2, -0.15) is 0 Å². The summed E-state index contributed by atoms with van der Waals surface area (Å²) in [6.45, 7) is 0. The van der Waals surface area contributed by atoms with Crippen molar-refractivity contribution >= 4 is 26.8 Å². The van der Waals surface area contributed by atoms with E-state index in [1.54, 1.807) is 0 Å². The topological polar surface area (TPSA) is 38.9 Å². The molecule has 2 N–H and O–H groups in total. The molecule has 1 aromatic heterocycles. The Bertz CT molecular complexity index is 559. The van der Waals surface area contributed by atoms with Crippen LogP contribution in [0.1, 0.15) is 37.2 Å². The second-order valence-corrected chi connectivity index (χ2v) is 5.92. The van der Waals surface area contributed by atoms with E-state index in [9.17, 15) is 0 Å². The van der Waals surface area contributed by atoms with Crippen LogP contribution >= 0.6 is 15.9 Å². The number of hydrogen-bond acceptors (Lipinski definition) is 2. The van der Waals surface area contributed by atoms with Gasteiger partial charge in [0.1, 0.15) is 4.60 Å². The highest BCUT2D eigenvalue weighted by atomic mass is 79.9. The van der Waals surface area contributed by atoms with Crippen molar-refractivity contribution in [2.75, 3.05) is 0 Å². The minimum atomic E-state index is 0.397. The molecule has 0 aliphatic heterocycles. The maximum atomic E-state index is 5.98. The lowest BCUT2D eigenvalue weighted by Gasteiger charge is -2.27. The predicted molar refractivity (Wildman–Crippen MR) is 78.6 cm³/mol. The van der Waals surface area contributed by atoms with Crippen molar-refractivity contribution in [2.24, 2.45) is 5.73 Å². The van der Waals surface area contributed by atoms with Crippen LogP contribution in [0.5, 0.6) is 0 Å². The van der Waals surface area contributed by atoms with Gasteiger partial charge in [-0.1, -0.05) is 18.2 Å². The standard InChI is InChI=1S/C15H17BrN2/c16-15-13(10-5-7-12(17)8-6-10)9-11-3-1-2-4-14(11)18-15/h1-4,9-10,12H,5-8,17H2. The van der Waals surface area contributed by atoms with Crippen LogP contribution in [0, 0.1) is 0 Å². The summed E-state index contributed by atoms with van der Waals surface area (Å²) in [7, 11) is 0. The predicted octanol–water partition coefficient (Wildman–Crippen LogP) is 3.98. The number of nitrogens with zero attached hydrogens (tertiary/aromatic N) is 1. The van der Waals surface area contributed by atoms with Crippen LogP contribution in [0.4, 0.5) is 0 Å². The summed E-state index contributed by atoms with van der Waals surface area (Å²) in [6.07, 6.45) is 4.62. The molecule has 2 aromatic rings. The smallest absolute Gasteiger partial charge is 0.110 e. The Morgan fingerprint density at radius 1 is 1.11 bits per heavy atom. The summed E-state index contributed by atoms with van der Waals surface area (Å²) < 4.78 is 1.00. The highest BCUT2D eigenvalue weighted by Gasteiger charge is 2.22. The number of benzene rings is 1. The fourth-order valence-corrected chi connectivity index (χ4v) is 3.45. The number of hydrogen-bond donors (Lipinski definition) is 1. The van der Waals surface area contributed by atoms with Crippen LogP contribution in [0.15, 0.2) is 34.9 Å². The van der Waals surface area contributed by atoms with E-state index in [1.807, 2.05) is 6.07 Å². The molecule has 0 spiro atoms. The lowest BCUT2D eigenvalue weighted by Crippen LogP contribution is -2.25. The van der Waals surface area contributed by atoms with Crippen molar-refractivity contribution in [1.82, 2.24) is 4.98 Å². The van der Waals surface area contributed by atoms with E-state index in [-0.39, 0.29) is 0 Å². The van der Waals surface area contributed by atoms with E-state index in [2.05, 4.69) is 45.2 Å². The van der Waals surface area contributed by atoms with Crippen LogP contribution in [-0.4, -0.2) is 11.0 Å². The van der Waals surface area contributed by atoms with Gasteiger partial charge in [-0.25, -0.2) is 4.98 Å². The average Bonchev–Trinajstić information content (AvgIpc) is 2.39. The SMILES string of the molecule is NC1CCC(c2cc3ccccc3nc2Br)CC1. The van der Waals surface area contributed by atoms with Crippen molar-refractivity contribution in [3.05, 3.63) is 40.5 Å². The number of rotatable bonds is 1. The van der Waals surface area contributed by atoms with Gasteiger partial charge in [0, 0.05) is 11.4 Å².